The molecule has 0 amide bonds. The Hall–Kier alpha value is -1.59. The highest BCUT2D eigenvalue weighted by Crippen LogP contribution is 2.16. The Morgan fingerprint density at radius 3 is 2.55 bits per heavy atom. The van der Waals surface area contributed by atoms with Crippen molar-refractivity contribution in [1.29, 1.82) is 0 Å². The van der Waals surface area contributed by atoms with E-state index in [4.69, 9.17) is 23.8 Å². The van der Waals surface area contributed by atoms with Crippen LogP contribution in [0.3, 0.4) is 0 Å². The van der Waals surface area contributed by atoms with Crippen molar-refractivity contribution >= 4 is 34.6 Å². The van der Waals surface area contributed by atoms with Crippen molar-refractivity contribution in [3.63, 3.8) is 0 Å². The second kappa shape index (κ2) is 7.61. The molecule has 0 aliphatic carbocycles. The Bertz CT molecular complexity index is 636. The maximum absolute atomic E-state index is 6.19. The summed E-state index contributed by atoms with van der Waals surface area (Å²) < 4.78 is 1.82. The monoisotopic (exact) mass is 336 g/mol. The number of nitrogens with zero attached hydrogens (tertiary/aromatic N) is 3. The quantitative estimate of drug-likeness (QED) is 0.838. The number of anilines is 1. The maximum atomic E-state index is 6.19. The van der Waals surface area contributed by atoms with Crippen LogP contribution in [0.15, 0.2) is 30.5 Å². The van der Waals surface area contributed by atoms with Gasteiger partial charge in [0.2, 0.25) is 0 Å². The third-order valence-electron chi connectivity index (χ3n) is 3.46. The SMILES string of the molecule is CCc1ccc(NC(=S)N(C)Cc2nn(CC)cc2Cl)cc1. The van der Waals surface area contributed by atoms with Crippen LogP contribution in [-0.2, 0) is 19.5 Å². The van der Waals surface area contributed by atoms with Crippen LogP contribution in [0.1, 0.15) is 25.1 Å². The van der Waals surface area contributed by atoms with Crippen molar-refractivity contribution in [3.05, 3.63) is 46.7 Å². The van der Waals surface area contributed by atoms with E-state index in [2.05, 4.69) is 29.5 Å². The van der Waals surface area contributed by atoms with Crippen LogP contribution in [0.5, 0.6) is 0 Å². The number of benzene rings is 1. The first-order chi connectivity index (χ1) is 10.5. The number of hydrogen-bond donors (Lipinski definition) is 1. The van der Waals surface area contributed by atoms with Crippen LogP contribution in [0.4, 0.5) is 5.69 Å². The summed E-state index contributed by atoms with van der Waals surface area (Å²) in [5.41, 5.74) is 3.12. The molecule has 0 unspecified atom stereocenters. The fourth-order valence-corrected chi connectivity index (χ4v) is 2.44. The lowest BCUT2D eigenvalue weighted by atomic mass is 10.1. The summed E-state index contributed by atoms with van der Waals surface area (Å²) in [5, 5.41) is 8.98. The molecular weight excluding hydrogens is 316 g/mol. The van der Waals surface area contributed by atoms with Crippen molar-refractivity contribution in [2.24, 2.45) is 0 Å². The lowest BCUT2D eigenvalue weighted by Gasteiger charge is -2.20. The second-order valence-electron chi connectivity index (χ2n) is 5.12. The molecule has 2 aromatic rings. The van der Waals surface area contributed by atoms with Gasteiger partial charge in [-0.1, -0.05) is 30.7 Å². The average Bonchev–Trinajstić information content (AvgIpc) is 2.88. The minimum atomic E-state index is 0.574. The van der Waals surface area contributed by atoms with Crippen molar-refractivity contribution in [2.45, 2.75) is 33.4 Å². The number of aromatic nitrogens is 2. The van der Waals surface area contributed by atoms with Crippen LogP contribution in [0.25, 0.3) is 0 Å². The molecule has 118 valence electrons. The van der Waals surface area contributed by atoms with E-state index < -0.39 is 0 Å². The number of thiocarbonyl (C=S) groups is 1. The van der Waals surface area contributed by atoms with Crippen LogP contribution >= 0.6 is 23.8 Å². The van der Waals surface area contributed by atoms with Gasteiger partial charge in [-0.3, -0.25) is 4.68 Å². The smallest absolute Gasteiger partial charge is 0.173 e. The summed E-state index contributed by atoms with van der Waals surface area (Å²) in [7, 11) is 1.93. The molecule has 1 heterocycles. The van der Waals surface area contributed by atoms with Gasteiger partial charge in [0.15, 0.2) is 5.11 Å². The van der Waals surface area contributed by atoms with E-state index in [1.807, 2.05) is 41.9 Å². The van der Waals surface area contributed by atoms with Gasteiger partial charge in [0, 0.05) is 25.5 Å². The summed E-state index contributed by atoms with van der Waals surface area (Å²) >= 11 is 11.6. The zero-order valence-corrected chi connectivity index (χ0v) is 14.7. The molecule has 6 heteroatoms. The zero-order valence-electron chi connectivity index (χ0n) is 13.1. The third-order valence-corrected chi connectivity index (χ3v) is 4.19. The molecule has 0 saturated heterocycles. The molecule has 1 N–H and O–H groups in total. The maximum Gasteiger partial charge on any atom is 0.173 e. The largest absolute Gasteiger partial charge is 0.346 e. The minimum absolute atomic E-state index is 0.574. The number of rotatable bonds is 5. The van der Waals surface area contributed by atoms with Gasteiger partial charge in [0.25, 0.3) is 0 Å². The van der Waals surface area contributed by atoms with Gasteiger partial charge in [0.1, 0.15) is 5.69 Å². The minimum Gasteiger partial charge on any atom is -0.346 e. The summed E-state index contributed by atoms with van der Waals surface area (Å²) in [4.78, 5) is 1.93. The Morgan fingerprint density at radius 2 is 2.00 bits per heavy atom. The lowest BCUT2D eigenvalue weighted by Crippen LogP contribution is -2.30. The molecular formula is C16H21ClN4S. The van der Waals surface area contributed by atoms with Crippen molar-refractivity contribution < 1.29 is 0 Å². The molecule has 4 nitrogen and oxygen atoms in total. The Kier molecular flexibility index (Phi) is 5.80. The van der Waals surface area contributed by atoms with E-state index in [0.717, 1.165) is 24.3 Å². The summed E-state index contributed by atoms with van der Waals surface area (Å²) in [6.45, 7) is 5.55. The fraction of sp³-hybridized carbons (Fsp3) is 0.375. The first-order valence-electron chi connectivity index (χ1n) is 7.36. The van der Waals surface area contributed by atoms with Gasteiger partial charge in [-0.2, -0.15) is 5.10 Å². The molecule has 1 aromatic heterocycles. The second-order valence-corrected chi connectivity index (χ2v) is 5.91. The standard InChI is InChI=1S/C16H21ClN4S/c1-4-12-6-8-13(9-7-12)18-16(22)20(3)11-15-14(17)10-21(5-2)19-15/h6-10H,4-5,11H2,1-3H3,(H,18,22). The zero-order chi connectivity index (χ0) is 16.1. The highest BCUT2D eigenvalue weighted by Gasteiger charge is 2.11. The normalized spacial score (nSPS) is 10.5. The number of nitrogens with one attached hydrogen (secondary N) is 1. The highest BCUT2D eigenvalue weighted by molar-refractivity contribution is 7.80. The molecule has 22 heavy (non-hydrogen) atoms. The van der Waals surface area contributed by atoms with E-state index in [1.54, 1.807) is 0 Å². The van der Waals surface area contributed by atoms with Gasteiger partial charge in [-0.25, -0.2) is 0 Å². The summed E-state index contributed by atoms with van der Waals surface area (Å²) in [6.07, 6.45) is 2.87. The van der Waals surface area contributed by atoms with Gasteiger partial charge in [-0.15, -0.1) is 0 Å². The third kappa shape index (κ3) is 4.21. The van der Waals surface area contributed by atoms with Gasteiger partial charge >= 0.3 is 0 Å². The van der Waals surface area contributed by atoms with E-state index >= 15 is 0 Å². The van der Waals surface area contributed by atoms with E-state index in [-0.39, 0.29) is 0 Å². The fourth-order valence-electron chi connectivity index (χ4n) is 2.05. The molecule has 0 spiro atoms. The molecule has 2 rings (SSSR count). The van der Waals surface area contributed by atoms with Crippen molar-refractivity contribution in [1.82, 2.24) is 14.7 Å². The first kappa shape index (κ1) is 16.8. The number of aryl methyl sites for hydroxylation is 2. The first-order valence-corrected chi connectivity index (χ1v) is 8.15. The molecule has 0 bridgehead atoms. The summed E-state index contributed by atoms with van der Waals surface area (Å²) in [6, 6.07) is 8.28. The Morgan fingerprint density at radius 1 is 1.32 bits per heavy atom. The predicted molar refractivity (Wildman–Crippen MR) is 96.4 cm³/mol. The van der Waals surface area contributed by atoms with Crippen molar-refractivity contribution in [2.75, 3.05) is 12.4 Å². The molecule has 0 atom stereocenters. The molecule has 1 aromatic carbocycles. The van der Waals surface area contributed by atoms with Gasteiger partial charge in [-0.05, 0) is 43.3 Å². The number of halogens is 1. The van der Waals surface area contributed by atoms with E-state index in [1.165, 1.54) is 5.56 Å². The lowest BCUT2D eigenvalue weighted by molar-refractivity contribution is 0.492. The van der Waals surface area contributed by atoms with Crippen LogP contribution in [-0.4, -0.2) is 26.8 Å². The van der Waals surface area contributed by atoms with Crippen LogP contribution in [0, 0.1) is 0 Å². The average molecular weight is 337 g/mol. The van der Waals surface area contributed by atoms with Gasteiger partial charge < -0.3 is 10.2 Å². The molecule has 0 aliphatic heterocycles. The molecule has 0 fully saturated rings. The van der Waals surface area contributed by atoms with Crippen LogP contribution < -0.4 is 5.32 Å². The van der Waals surface area contributed by atoms with Crippen LogP contribution in [0.2, 0.25) is 5.02 Å². The van der Waals surface area contributed by atoms with Gasteiger partial charge in [0.05, 0.1) is 11.6 Å². The topological polar surface area (TPSA) is 33.1 Å². The Labute approximate surface area is 142 Å². The predicted octanol–water partition coefficient (Wildman–Crippen LogP) is 3.95. The highest BCUT2D eigenvalue weighted by atomic mass is 35.5. The summed E-state index contributed by atoms with van der Waals surface area (Å²) in [5.74, 6) is 0. The molecule has 0 radical (unpaired) electrons. The van der Waals surface area contributed by atoms with E-state index in [0.29, 0.717) is 16.7 Å². The molecule has 0 saturated carbocycles. The van der Waals surface area contributed by atoms with Crippen molar-refractivity contribution in [3.8, 4) is 0 Å². The van der Waals surface area contributed by atoms with E-state index in [9.17, 15) is 0 Å². The number of hydrogen-bond acceptors (Lipinski definition) is 2. The Balaban J connectivity index is 1.97. The molecule has 0 aliphatic rings.